The van der Waals surface area contributed by atoms with E-state index in [1.165, 1.54) is 0 Å². The lowest BCUT2D eigenvalue weighted by Crippen LogP contribution is -2.16. The summed E-state index contributed by atoms with van der Waals surface area (Å²) < 4.78 is 2.17. The van der Waals surface area contributed by atoms with E-state index < -0.39 is 23.9 Å². The van der Waals surface area contributed by atoms with Gasteiger partial charge in [-0.15, -0.1) is 0 Å². The zero-order valence-electron chi connectivity index (χ0n) is 22.0. The van der Waals surface area contributed by atoms with Gasteiger partial charge in [-0.3, -0.25) is 0 Å². The number of aliphatic carboxylic acids is 4. The van der Waals surface area contributed by atoms with Crippen LogP contribution in [0.5, 0.6) is 5.75 Å². The molecule has 0 radical (unpaired) electrons. The van der Waals surface area contributed by atoms with Crippen molar-refractivity contribution in [1.29, 1.82) is 0 Å². The molecule has 0 amide bonds. The van der Waals surface area contributed by atoms with E-state index in [0.29, 0.717) is 24.3 Å². The fraction of sp³-hybridized carbons (Fsp3) is 0.269. The number of nitrogens with one attached hydrogen (secondary N) is 1. The van der Waals surface area contributed by atoms with Crippen LogP contribution < -0.4 is 5.32 Å². The molecule has 1 aromatic carbocycles. The van der Waals surface area contributed by atoms with Gasteiger partial charge in [-0.25, -0.2) is 24.2 Å². The third-order valence-electron chi connectivity index (χ3n) is 4.99. The minimum Gasteiger partial charge on any atom is -0.508 e. The summed E-state index contributed by atoms with van der Waals surface area (Å²) >= 11 is 0. The van der Waals surface area contributed by atoms with Crippen LogP contribution in [0.3, 0.4) is 0 Å². The Morgan fingerprint density at radius 2 is 1.46 bits per heavy atom. The zero-order valence-corrected chi connectivity index (χ0v) is 22.0. The summed E-state index contributed by atoms with van der Waals surface area (Å²) in [5.41, 5.74) is 3.40. The average Bonchev–Trinajstić information content (AvgIpc) is 3.13. The molecule has 0 aliphatic carbocycles. The Balaban J connectivity index is 0.000000393. The van der Waals surface area contributed by atoms with Gasteiger partial charge in [-0.05, 0) is 57.7 Å². The van der Waals surface area contributed by atoms with Gasteiger partial charge in [0.2, 0.25) is 0 Å². The van der Waals surface area contributed by atoms with E-state index in [-0.39, 0.29) is 5.75 Å². The number of hydrogen-bond donors (Lipinski definition) is 6. The minimum atomic E-state index is -1.26. The molecule has 3 rings (SSSR count). The smallest absolute Gasteiger partial charge is 0.328 e. The maximum atomic E-state index is 9.88. The summed E-state index contributed by atoms with van der Waals surface area (Å²) in [6, 6.07) is 5.51. The van der Waals surface area contributed by atoms with Gasteiger partial charge < -0.3 is 40.3 Å². The summed E-state index contributed by atoms with van der Waals surface area (Å²) in [5.74, 6) is -3.86. The lowest BCUT2D eigenvalue weighted by atomic mass is 10.1. The summed E-state index contributed by atoms with van der Waals surface area (Å²) in [4.78, 5) is 45.0. The molecule has 0 aliphatic heterocycles. The number of aromatic nitrogens is 2. The van der Waals surface area contributed by atoms with Crippen LogP contribution in [0, 0.1) is 6.92 Å². The lowest BCUT2D eigenvalue weighted by molar-refractivity contribution is -0.134. The van der Waals surface area contributed by atoms with Crippen molar-refractivity contribution < 1.29 is 44.7 Å². The number of pyridine rings is 1. The van der Waals surface area contributed by atoms with Crippen molar-refractivity contribution in [3.8, 4) is 5.75 Å². The second kappa shape index (κ2) is 15.4. The van der Waals surface area contributed by atoms with E-state index >= 15 is 0 Å². The third kappa shape index (κ3) is 10.9. The fourth-order valence-electron chi connectivity index (χ4n) is 3.44. The predicted molar refractivity (Wildman–Crippen MR) is 145 cm³/mol. The molecule has 0 aliphatic rings. The average molecular weight is 545 g/mol. The highest BCUT2D eigenvalue weighted by Gasteiger charge is 2.15. The van der Waals surface area contributed by atoms with Gasteiger partial charge >= 0.3 is 23.9 Å². The molecule has 2 heterocycles. The standard InChI is InChI=1S/C18H24N4O.2C4H4O4/c1-12-11-20-18(19-8-5-9-21(2)3)16-14-10-13(23)6-7-15(14)22(4)17(12)16;2*5-3(6)1-2-4(7)8/h6-7,10-11,23H,5,8-9H2,1-4H3,(H,19,20);2*1-2H,(H,5,6)(H,7,8)/b;2*2-1-. The van der Waals surface area contributed by atoms with Crippen LogP contribution in [0.1, 0.15) is 12.0 Å². The van der Waals surface area contributed by atoms with E-state index in [1.807, 2.05) is 18.3 Å². The van der Waals surface area contributed by atoms with Crippen LogP contribution in [-0.4, -0.2) is 91.0 Å². The Bertz CT molecular complexity index is 1330. The molecule has 0 atom stereocenters. The first-order valence-electron chi connectivity index (χ1n) is 11.5. The van der Waals surface area contributed by atoms with E-state index in [1.54, 1.807) is 6.07 Å². The molecule has 0 saturated heterocycles. The minimum absolute atomic E-state index is 0.282. The first kappa shape index (κ1) is 32.1. The quantitative estimate of drug-likeness (QED) is 0.170. The predicted octanol–water partition coefficient (Wildman–Crippen LogP) is 2.53. The molecule has 2 aromatic heterocycles. The van der Waals surface area contributed by atoms with Gasteiger partial charge in [0, 0.05) is 55.0 Å². The largest absolute Gasteiger partial charge is 0.508 e. The first-order chi connectivity index (χ1) is 18.2. The number of nitrogens with zero attached hydrogens (tertiary/aromatic N) is 3. The third-order valence-corrected chi connectivity index (χ3v) is 4.99. The van der Waals surface area contributed by atoms with Gasteiger partial charge in [-0.2, -0.15) is 0 Å². The number of anilines is 1. The number of aromatic hydroxyl groups is 1. The van der Waals surface area contributed by atoms with Crippen LogP contribution in [0.2, 0.25) is 0 Å². The van der Waals surface area contributed by atoms with Gasteiger partial charge in [0.1, 0.15) is 11.6 Å². The number of carboxylic acid groups (broad SMARTS) is 4. The molecule has 3 aromatic rings. The molecule has 0 unspecified atom stereocenters. The molecule has 0 spiro atoms. The maximum Gasteiger partial charge on any atom is 0.328 e. The van der Waals surface area contributed by atoms with Crippen molar-refractivity contribution in [2.24, 2.45) is 7.05 Å². The number of benzene rings is 1. The number of aryl methyl sites for hydroxylation is 2. The second-order valence-corrected chi connectivity index (χ2v) is 8.38. The molecule has 13 nitrogen and oxygen atoms in total. The molecular weight excluding hydrogens is 512 g/mol. The molecule has 0 fully saturated rings. The molecule has 0 saturated carbocycles. The first-order valence-corrected chi connectivity index (χ1v) is 11.5. The highest BCUT2D eigenvalue weighted by Crippen LogP contribution is 2.35. The number of phenolic OH excluding ortho intramolecular Hbond substituents is 1. The van der Waals surface area contributed by atoms with Crippen LogP contribution in [0.4, 0.5) is 5.82 Å². The Morgan fingerprint density at radius 1 is 0.949 bits per heavy atom. The normalized spacial score (nSPS) is 10.8. The van der Waals surface area contributed by atoms with E-state index in [0.717, 1.165) is 52.7 Å². The topological polar surface area (TPSA) is 203 Å². The van der Waals surface area contributed by atoms with E-state index in [2.05, 4.69) is 47.8 Å². The molecular formula is C26H32N4O9. The number of fused-ring (bicyclic) bond motifs is 3. The van der Waals surface area contributed by atoms with Crippen LogP contribution in [-0.2, 0) is 26.2 Å². The highest BCUT2D eigenvalue weighted by atomic mass is 16.4. The summed E-state index contributed by atoms with van der Waals surface area (Å²) in [6.45, 7) is 3.99. The SMILES string of the molecule is Cc1cnc(NCCCN(C)C)c2c3cc(O)ccc3n(C)c12.O=C(O)/C=C\C(=O)O.O=C(O)/C=C\C(=O)O. The molecule has 210 valence electrons. The van der Waals surface area contributed by atoms with Crippen molar-refractivity contribution in [3.63, 3.8) is 0 Å². The van der Waals surface area contributed by atoms with Crippen LogP contribution in [0.15, 0.2) is 48.7 Å². The summed E-state index contributed by atoms with van der Waals surface area (Å²) in [6.07, 6.45) is 5.20. The Hall–Kier alpha value is -4.91. The van der Waals surface area contributed by atoms with Gasteiger partial charge in [0.05, 0.1) is 10.9 Å². The number of phenols is 1. The number of hydrogen-bond acceptors (Lipinski definition) is 8. The molecule has 6 N–H and O–H groups in total. The Kier molecular flexibility index (Phi) is 12.7. The molecule has 0 bridgehead atoms. The highest BCUT2D eigenvalue weighted by molar-refractivity contribution is 6.14. The molecule has 39 heavy (non-hydrogen) atoms. The van der Waals surface area contributed by atoms with Gasteiger partial charge in [-0.1, -0.05) is 0 Å². The van der Waals surface area contributed by atoms with Gasteiger partial charge in [0.25, 0.3) is 0 Å². The van der Waals surface area contributed by atoms with E-state index in [9.17, 15) is 24.3 Å². The van der Waals surface area contributed by atoms with Crippen molar-refractivity contribution in [3.05, 3.63) is 54.3 Å². The Labute approximate surface area is 223 Å². The monoisotopic (exact) mass is 544 g/mol. The lowest BCUT2D eigenvalue weighted by Gasteiger charge is -2.11. The summed E-state index contributed by atoms with van der Waals surface area (Å²) in [5, 5.41) is 46.7. The number of carboxylic acids is 4. The van der Waals surface area contributed by atoms with Crippen molar-refractivity contribution in [2.75, 3.05) is 32.5 Å². The number of carbonyl (C=O) groups is 4. The number of rotatable bonds is 9. The van der Waals surface area contributed by atoms with Crippen LogP contribution >= 0.6 is 0 Å². The Morgan fingerprint density at radius 3 is 1.92 bits per heavy atom. The van der Waals surface area contributed by atoms with Crippen LogP contribution in [0.25, 0.3) is 21.8 Å². The fourth-order valence-corrected chi connectivity index (χ4v) is 3.44. The zero-order chi connectivity index (χ0) is 29.7. The van der Waals surface area contributed by atoms with Gasteiger partial charge in [0.15, 0.2) is 0 Å². The van der Waals surface area contributed by atoms with Crippen molar-refractivity contribution in [1.82, 2.24) is 14.5 Å². The van der Waals surface area contributed by atoms with Crippen molar-refractivity contribution >= 4 is 51.5 Å². The van der Waals surface area contributed by atoms with Crippen molar-refractivity contribution in [2.45, 2.75) is 13.3 Å². The molecule has 13 heteroatoms. The summed E-state index contributed by atoms with van der Waals surface area (Å²) in [7, 11) is 6.22. The van der Waals surface area contributed by atoms with E-state index in [4.69, 9.17) is 20.4 Å². The second-order valence-electron chi connectivity index (χ2n) is 8.38. The maximum absolute atomic E-state index is 9.88.